The summed E-state index contributed by atoms with van der Waals surface area (Å²) in [6.07, 6.45) is 2.15. The van der Waals surface area contributed by atoms with Crippen molar-refractivity contribution in [3.05, 3.63) is 78.4 Å². The average Bonchev–Trinajstić information content (AvgIpc) is 2.60. The lowest BCUT2D eigenvalue weighted by atomic mass is 9.94. The van der Waals surface area contributed by atoms with Crippen LogP contribution < -0.4 is 4.74 Å². The number of esters is 1. The molecule has 0 radical (unpaired) electrons. The molecule has 120 valence electrons. The Kier molecular flexibility index (Phi) is 6.42. The number of carbonyl (C=O) groups excluding carboxylic acids is 1. The van der Waals surface area contributed by atoms with Gasteiger partial charge in [-0.05, 0) is 35.6 Å². The van der Waals surface area contributed by atoms with Gasteiger partial charge in [0.05, 0.1) is 0 Å². The monoisotopic (exact) mass is 310 g/mol. The van der Waals surface area contributed by atoms with Crippen LogP contribution in [0.5, 0.6) is 5.75 Å². The highest BCUT2D eigenvalue weighted by Gasteiger charge is 2.07. The van der Waals surface area contributed by atoms with Crippen LogP contribution in [0.1, 0.15) is 24.0 Å². The highest BCUT2D eigenvalue weighted by Crippen LogP contribution is 2.22. The van der Waals surface area contributed by atoms with Gasteiger partial charge in [-0.3, -0.25) is 0 Å². The van der Waals surface area contributed by atoms with Crippen LogP contribution in [0.4, 0.5) is 0 Å². The summed E-state index contributed by atoms with van der Waals surface area (Å²) in [6, 6.07) is 18.5. The van der Waals surface area contributed by atoms with Gasteiger partial charge in [-0.15, -0.1) is 0 Å². The van der Waals surface area contributed by atoms with Gasteiger partial charge in [-0.2, -0.15) is 0 Å². The molecule has 0 aliphatic carbocycles. The van der Waals surface area contributed by atoms with E-state index in [0.717, 1.165) is 18.2 Å². The molecule has 0 saturated heterocycles. The summed E-state index contributed by atoms with van der Waals surface area (Å²) < 4.78 is 10.4. The first-order chi connectivity index (χ1) is 11.2. The Hall–Kier alpha value is -2.55. The predicted molar refractivity (Wildman–Crippen MR) is 91.7 cm³/mol. The molecule has 1 atom stereocenters. The molecule has 23 heavy (non-hydrogen) atoms. The Morgan fingerprint density at radius 3 is 2.43 bits per heavy atom. The Labute approximate surface area is 137 Å². The molecule has 2 aromatic carbocycles. The van der Waals surface area contributed by atoms with Crippen LogP contribution in [0.3, 0.4) is 0 Å². The average molecular weight is 310 g/mol. The first-order valence-corrected chi connectivity index (χ1v) is 7.75. The summed E-state index contributed by atoms with van der Waals surface area (Å²) in [4.78, 5) is 10.9. The largest absolute Gasteiger partial charge is 0.490 e. The summed E-state index contributed by atoms with van der Waals surface area (Å²) in [7, 11) is 0. The molecule has 0 spiro atoms. The highest BCUT2D eigenvalue weighted by atomic mass is 16.6. The van der Waals surface area contributed by atoms with Crippen LogP contribution in [-0.2, 0) is 16.0 Å². The van der Waals surface area contributed by atoms with E-state index in [9.17, 15) is 4.79 Å². The number of hydrogen-bond donors (Lipinski definition) is 0. The summed E-state index contributed by atoms with van der Waals surface area (Å²) in [6.45, 7) is 6.11. The van der Waals surface area contributed by atoms with E-state index in [0.29, 0.717) is 12.5 Å². The molecular formula is C20H22O3. The third-order valence-corrected chi connectivity index (χ3v) is 3.60. The summed E-state index contributed by atoms with van der Waals surface area (Å²) in [5, 5.41) is 0. The lowest BCUT2D eigenvalue weighted by Crippen LogP contribution is -2.10. The van der Waals surface area contributed by atoms with E-state index < -0.39 is 5.97 Å². The molecule has 3 heteroatoms. The third-order valence-electron chi connectivity index (χ3n) is 3.60. The SMILES string of the molecule is C=CC(=O)OCCOc1ccc(C(C)Cc2ccccc2)cc1. The van der Waals surface area contributed by atoms with Crippen molar-refractivity contribution in [1.29, 1.82) is 0 Å². The van der Waals surface area contributed by atoms with Crippen molar-refractivity contribution in [1.82, 2.24) is 0 Å². The van der Waals surface area contributed by atoms with Gasteiger partial charge in [0.15, 0.2) is 0 Å². The highest BCUT2D eigenvalue weighted by molar-refractivity contribution is 5.81. The summed E-state index contributed by atoms with van der Waals surface area (Å²) in [5.41, 5.74) is 2.61. The molecule has 0 bridgehead atoms. The van der Waals surface area contributed by atoms with E-state index in [1.165, 1.54) is 11.1 Å². The zero-order valence-corrected chi connectivity index (χ0v) is 13.4. The second-order valence-corrected chi connectivity index (χ2v) is 5.38. The normalized spacial score (nSPS) is 11.5. The van der Waals surface area contributed by atoms with Crippen molar-refractivity contribution in [2.45, 2.75) is 19.3 Å². The number of benzene rings is 2. The minimum absolute atomic E-state index is 0.219. The van der Waals surface area contributed by atoms with E-state index in [-0.39, 0.29) is 6.61 Å². The fourth-order valence-electron chi connectivity index (χ4n) is 2.34. The van der Waals surface area contributed by atoms with Gasteiger partial charge in [-0.1, -0.05) is 56.0 Å². The van der Waals surface area contributed by atoms with Gasteiger partial charge in [-0.25, -0.2) is 4.79 Å². The minimum atomic E-state index is -0.432. The Bertz CT molecular complexity index is 617. The molecule has 0 amide bonds. The smallest absolute Gasteiger partial charge is 0.330 e. The van der Waals surface area contributed by atoms with Gasteiger partial charge < -0.3 is 9.47 Å². The van der Waals surface area contributed by atoms with Gasteiger partial charge >= 0.3 is 5.97 Å². The van der Waals surface area contributed by atoms with Crippen molar-refractivity contribution >= 4 is 5.97 Å². The van der Waals surface area contributed by atoms with Crippen molar-refractivity contribution in [3.63, 3.8) is 0 Å². The quantitative estimate of drug-likeness (QED) is 0.417. The molecule has 2 rings (SSSR count). The van der Waals surface area contributed by atoms with E-state index >= 15 is 0 Å². The van der Waals surface area contributed by atoms with Crippen molar-refractivity contribution in [2.24, 2.45) is 0 Å². The van der Waals surface area contributed by atoms with Gasteiger partial charge in [0.25, 0.3) is 0 Å². The topological polar surface area (TPSA) is 35.5 Å². The zero-order chi connectivity index (χ0) is 16.5. The van der Waals surface area contributed by atoms with Gasteiger partial charge in [0, 0.05) is 6.08 Å². The van der Waals surface area contributed by atoms with Crippen molar-refractivity contribution in [3.8, 4) is 5.75 Å². The van der Waals surface area contributed by atoms with E-state index in [1.54, 1.807) is 0 Å². The second-order valence-electron chi connectivity index (χ2n) is 5.38. The minimum Gasteiger partial charge on any atom is -0.490 e. The first kappa shape index (κ1) is 16.8. The molecule has 0 N–H and O–H groups in total. The lowest BCUT2D eigenvalue weighted by Gasteiger charge is -2.13. The maximum atomic E-state index is 10.9. The van der Waals surface area contributed by atoms with Crippen LogP contribution in [0.25, 0.3) is 0 Å². The molecule has 3 nitrogen and oxygen atoms in total. The van der Waals surface area contributed by atoms with Gasteiger partial charge in [0.1, 0.15) is 19.0 Å². The number of ether oxygens (including phenoxy) is 2. The Morgan fingerprint density at radius 2 is 1.78 bits per heavy atom. The Balaban J connectivity index is 1.81. The number of hydrogen-bond acceptors (Lipinski definition) is 3. The molecular weight excluding hydrogens is 288 g/mol. The van der Waals surface area contributed by atoms with Crippen LogP contribution in [0.2, 0.25) is 0 Å². The molecule has 0 aliphatic heterocycles. The number of carbonyl (C=O) groups is 1. The van der Waals surface area contributed by atoms with Crippen LogP contribution >= 0.6 is 0 Å². The van der Waals surface area contributed by atoms with E-state index in [4.69, 9.17) is 9.47 Å². The van der Waals surface area contributed by atoms with Crippen molar-refractivity contribution in [2.75, 3.05) is 13.2 Å². The molecule has 0 saturated carbocycles. The Morgan fingerprint density at radius 1 is 1.09 bits per heavy atom. The van der Waals surface area contributed by atoms with Crippen LogP contribution in [0.15, 0.2) is 67.3 Å². The molecule has 0 aromatic heterocycles. The van der Waals surface area contributed by atoms with E-state index in [2.05, 4.69) is 49.9 Å². The standard InChI is InChI=1S/C20H22O3/c1-3-20(21)23-14-13-22-19-11-9-18(10-12-19)16(2)15-17-7-5-4-6-8-17/h3-12,16H,1,13-15H2,2H3. The molecule has 2 aromatic rings. The second kappa shape index (κ2) is 8.79. The van der Waals surface area contributed by atoms with Crippen LogP contribution in [0, 0.1) is 0 Å². The predicted octanol–water partition coefficient (Wildman–Crippen LogP) is 4.14. The molecule has 0 aliphatic rings. The van der Waals surface area contributed by atoms with E-state index in [1.807, 2.05) is 18.2 Å². The molecule has 0 fully saturated rings. The lowest BCUT2D eigenvalue weighted by molar-refractivity contribution is -0.138. The molecule has 0 heterocycles. The fraction of sp³-hybridized carbons (Fsp3) is 0.250. The maximum Gasteiger partial charge on any atom is 0.330 e. The van der Waals surface area contributed by atoms with Crippen LogP contribution in [-0.4, -0.2) is 19.2 Å². The number of rotatable bonds is 8. The third kappa shape index (κ3) is 5.62. The van der Waals surface area contributed by atoms with Crippen molar-refractivity contribution < 1.29 is 14.3 Å². The maximum absolute atomic E-state index is 10.9. The fourth-order valence-corrected chi connectivity index (χ4v) is 2.34. The summed E-state index contributed by atoms with van der Waals surface area (Å²) in [5.74, 6) is 0.786. The molecule has 1 unspecified atom stereocenters. The van der Waals surface area contributed by atoms with Gasteiger partial charge in [0.2, 0.25) is 0 Å². The summed E-state index contributed by atoms with van der Waals surface area (Å²) >= 11 is 0. The zero-order valence-electron chi connectivity index (χ0n) is 13.4. The first-order valence-electron chi connectivity index (χ1n) is 7.75.